The average molecular weight is 558 g/mol. The van der Waals surface area contributed by atoms with Gasteiger partial charge < -0.3 is 10.2 Å². The third-order valence-electron chi connectivity index (χ3n) is 6.07. The normalized spacial score (nSPS) is 11.7. The van der Waals surface area contributed by atoms with Crippen molar-refractivity contribution >= 4 is 46.8 Å². The average Bonchev–Trinajstić information content (AvgIpc) is 2.88. The Morgan fingerprint density at radius 1 is 0.946 bits per heavy atom. The van der Waals surface area contributed by atoms with E-state index in [1.807, 2.05) is 55.5 Å². The lowest BCUT2D eigenvalue weighted by Gasteiger charge is -2.31. The minimum absolute atomic E-state index is 0.0961. The third kappa shape index (κ3) is 9.10. The minimum atomic E-state index is -0.628. The van der Waals surface area contributed by atoms with Crippen LogP contribution in [0.25, 0.3) is 0 Å². The van der Waals surface area contributed by atoms with Crippen molar-refractivity contribution in [3.8, 4) is 0 Å². The van der Waals surface area contributed by atoms with Crippen LogP contribution in [-0.2, 0) is 28.3 Å². The molecule has 0 heterocycles. The molecule has 0 spiro atoms. The minimum Gasteiger partial charge on any atom is -0.354 e. The van der Waals surface area contributed by atoms with Crippen molar-refractivity contribution in [2.24, 2.45) is 0 Å². The molecule has 196 valence electrons. The van der Waals surface area contributed by atoms with Crippen LogP contribution in [-0.4, -0.2) is 35.1 Å². The van der Waals surface area contributed by atoms with Crippen molar-refractivity contribution in [1.82, 2.24) is 10.2 Å². The molecule has 3 aromatic carbocycles. The van der Waals surface area contributed by atoms with Gasteiger partial charge in [-0.15, -0.1) is 11.8 Å². The summed E-state index contributed by atoms with van der Waals surface area (Å²) in [5.74, 6) is 0.494. The van der Waals surface area contributed by atoms with E-state index in [0.29, 0.717) is 35.3 Å². The zero-order valence-corrected chi connectivity index (χ0v) is 23.7. The van der Waals surface area contributed by atoms with Crippen LogP contribution in [0.4, 0.5) is 0 Å². The molecule has 0 aliphatic rings. The van der Waals surface area contributed by atoms with Gasteiger partial charge >= 0.3 is 0 Å². The van der Waals surface area contributed by atoms with Gasteiger partial charge in [-0.25, -0.2) is 0 Å². The fraction of sp³-hybridized carbons (Fsp3) is 0.333. The summed E-state index contributed by atoms with van der Waals surface area (Å²) in [4.78, 5) is 28.9. The highest BCUT2D eigenvalue weighted by Crippen LogP contribution is 2.28. The number of carbonyl (C=O) groups is 2. The SMILES string of the molecule is CCCCNC(=O)[C@@H](Cc1ccccc1)N(Cc1cccc(C)c1)C(=O)CSCc1c(Cl)cccc1Cl. The quantitative estimate of drug-likeness (QED) is 0.228. The molecule has 0 saturated heterocycles. The molecule has 1 N–H and O–H groups in total. The molecule has 0 saturated carbocycles. The molecule has 0 aliphatic carbocycles. The highest BCUT2D eigenvalue weighted by Gasteiger charge is 2.30. The number of hydrogen-bond donors (Lipinski definition) is 1. The molecular weight excluding hydrogens is 523 g/mol. The maximum Gasteiger partial charge on any atom is 0.243 e. The fourth-order valence-corrected chi connectivity index (χ4v) is 5.71. The van der Waals surface area contributed by atoms with Crippen LogP contribution in [0.5, 0.6) is 0 Å². The molecule has 3 rings (SSSR count). The lowest BCUT2D eigenvalue weighted by Crippen LogP contribution is -2.51. The Hall–Kier alpha value is -2.47. The van der Waals surface area contributed by atoms with E-state index < -0.39 is 6.04 Å². The summed E-state index contributed by atoms with van der Waals surface area (Å²) < 4.78 is 0. The Labute approximate surface area is 234 Å². The molecule has 0 unspecified atom stereocenters. The van der Waals surface area contributed by atoms with E-state index in [4.69, 9.17) is 23.2 Å². The summed E-state index contributed by atoms with van der Waals surface area (Å²) in [5.41, 5.74) is 3.93. The van der Waals surface area contributed by atoms with Crippen LogP contribution >= 0.6 is 35.0 Å². The maximum absolute atomic E-state index is 13.7. The largest absolute Gasteiger partial charge is 0.354 e. The molecule has 3 aromatic rings. The first kappa shape index (κ1) is 29.1. The molecular formula is C30H34Cl2N2O2S. The monoisotopic (exact) mass is 556 g/mol. The van der Waals surface area contributed by atoms with E-state index in [2.05, 4.69) is 18.3 Å². The highest BCUT2D eigenvalue weighted by atomic mass is 35.5. The second-order valence-corrected chi connectivity index (χ2v) is 10.9. The standard InChI is InChI=1S/C30H34Cl2N2O2S/c1-3-4-16-33-30(36)28(18-23-11-6-5-7-12-23)34(19-24-13-8-10-22(2)17-24)29(35)21-37-20-25-26(31)14-9-15-27(25)32/h5-15,17,28H,3-4,16,18-21H2,1-2H3,(H,33,36)/t28-/m1/s1. The predicted octanol–water partition coefficient (Wildman–Crippen LogP) is 7.09. The Kier molecular flexibility index (Phi) is 11.8. The molecule has 1 atom stereocenters. The van der Waals surface area contributed by atoms with Gasteiger partial charge in [0.25, 0.3) is 0 Å². The van der Waals surface area contributed by atoms with Crippen LogP contribution in [0.1, 0.15) is 42.0 Å². The van der Waals surface area contributed by atoms with Crippen molar-refractivity contribution in [3.63, 3.8) is 0 Å². The number of benzene rings is 3. The summed E-state index contributed by atoms with van der Waals surface area (Å²) in [6, 6.07) is 22.7. The maximum atomic E-state index is 13.7. The number of unbranched alkanes of at least 4 members (excludes halogenated alkanes) is 1. The van der Waals surface area contributed by atoms with E-state index in [9.17, 15) is 9.59 Å². The summed E-state index contributed by atoms with van der Waals surface area (Å²) in [7, 11) is 0. The molecule has 0 fully saturated rings. The van der Waals surface area contributed by atoms with Gasteiger partial charge in [0.1, 0.15) is 6.04 Å². The number of thioether (sulfide) groups is 1. The lowest BCUT2D eigenvalue weighted by atomic mass is 10.0. The van der Waals surface area contributed by atoms with Crippen LogP contribution < -0.4 is 5.32 Å². The first-order chi connectivity index (χ1) is 17.9. The number of rotatable bonds is 13. The van der Waals surface area contributed by atoms with Gasteiger partial charge in [0.05, 0.1) is 5.75 Å². The Morgan fingerprint density at radius 3 is 2.30 bits per heavy atom. The molecule has 4 nitrogen and oxygen atoms in total. The van der Waals surface area contributed by atoms with E-state index >= 15 is 0 Å². The smallest absolute Gasteiger partial charge is 0.243 e. The molecule has 0 aromatic heterocycles. The lowest BCUT2D eigenvalue weighted by molar-refractivity contribution is -0.139. The number of carbonyl (C=O) groups excluding carboxylic acids is 2. The van der Waals surface area contributed by atoms with E-state index in [0.717, 1.165) is 35.1 Å². The Balaban J connectivity index is 1.85. The van der Waals surface area contributed by atoms with Crippen molar-refractivity contribution in [2.75, 3.05) is 12.3 Å². The summed E-state index contributed by atoms with van der Waals surface area (Å²) in [6.07, 6.45) is 2.32. The summed E-state index contributed by atoms with van der Waals surface area (Å²) >= 11 is 14.1. The third-order valence-corrected chi connectivity index (χ3v) is 7.72. The number of halogens is 2. The topological polar surface area (TPSA) is 49.4 Å². The first-order valence-electron chi connectivity index (χ1n) is 12.6. The van der Waals surface area contributed by atoms with Gasteiger partial charge in [0, 0.05) is 35.3 Å². The predicted molar refractivity (Wildman–Crippen MR) is 156 cm³/mol. The zero-order valence-electron chi connectivity index (χ0n) is 21.4. The molecule has 7 heteroatoms. The Morgan fingerprint density at radius 2 is 1.62 bits per heavy atom. The number of aryl methyl sites for hydroxylation is 1. The van der Waals surface area contributed by atoms with Crippen molar-refractivity contribution in [3.05, 3.63) is 105 Å². The van der Waals surface area contributed by atoms with E-state index in [-0.39, 0.29) is 17.6 Å². The summed E-state index contributed by atoms with van der Waals surface area (Å²) in [6.45, 7) is 5.06. The number of nitrogens with one attached hydrogen (secondary N) is 1. The molecule has 0 radical (unpaired) electrons. The van der Waals surface area contributed by atoms with Crippen molar-refractivity contribution in [2.45, 2.75) is 51.4 Å². The van der Waals surface area contributed by atoms with Crippen LogP contribution in [0.2, 0.25) is 10.0 Å². The molecule has 37 heavy (non-hydrogen) atoms. The summed E-state index contributed by atoms with van der Waals surface area (Å²) in [5, 5.41) is 4.23. The van der Waals surface area contributed by atoms with E-state index in [1.54, 1.807) is 23.1 Å². The Bertz CT molecular complexity index is 1150. The van der Waals surface area contributed by atoms with E-state index in [1.165, 1.54) is 11.8 Å². The van der Waals surface area contributed by atoms with Crippen LogP contribution in [0.15, 0.2) is 72.8 Å². The highest BCUT2D eigenvalue weighted by molar-refractivity contribution is 7.99. The second-order valence-electron chi connectivity index (χ2n) is 9.05. The van der Waals surface area contributed by atoms with Gasteiger partial charge in [0.2, 0.25) is 11.8 Å². The first-order valence-corrected chi connectivity index (χ1v) is 14.5. The number of nitrogens with zero attached hydrogens (tertiary/aromatic N) is 1. The van der Waals surface area contributed by atoms with Crippen molar-refractivity contribution in [1.29, 1.82) is 0 Å². The molecule has 0 aliphatic heterocycles. The van der Waals surface area contributed by atoms with Crippen LogP contribution in [0, 0.1) is 6.92 Å². The van der Waals surface area contributed by atoms with Crippen molar-refractivity contribution < 1.29 is 9.59 Å². The second kappa shape index (κ2) is 15.1. The molecule has 2 amide bonds. The van der Waals surface area contributed by atoms with Gasteiger partial charge in [-0.3, -0.25) is 9.59 Å². The fourth-order valence-electron chi connectivity index (χ4n) is 4.06. The number of hydrogen-bond acceptors (Lipinski definition) is 3. The van der Waals surface area contributed by atoms with Gasteiger partial charge in [-0.1, -0.05) is 103 Å². The van der Waals surface area contributed by atoms with Gasteiger partial charge in [0.15, 0.2) is 0 Å². The van der Waals surface area contributed by atoms with Crippen LogP contribution in [0.3, 0.4) is 0 Å². The van der Waals surface area contributed by atoms with Gasteiger partial charge in [-0.2, -0.15) is 0 Å². The van der Waals surface area contributed by atoms with Gasteiger partial charge in [-0.05, 0) is 42.2 Å². The molecule has 0 bridgehead atoms. The number of amides is 2. The zero-order chi connectivity index (χ0) is 26.6.